The fourth-order valence-corrected chi connectivity index (χ4v) is 4.92. The summed E-state index contributed by atoms with van der Waals surface area (Å²) in [5.41, 5.74) is 0.418. The number of benzene rings is 2. The molecule has 2 aliphatic rings. The molecule has 4 rings (SSSR count). The van der Waals surface area contributed by atoms with Crippen LogP contribution >= 0.6 is 0 Å². The normalized spacial score (nSPS) is 17.6. The molecule has 8 nitrogen and oxygen atoms in total. The number of likely N-dealkylation sites (tertiary alicyclic amines) is 1. The molecule has 0 aromatic heterocycles. The summed E-state index contributed by atoms with van der Waals surface area (Å²) in [5, 5.41) is 14.0. The minimum atomic E-state index is -4.82. The average Bonchev–Trinajstić information content (AvgIpc) is 2.88. The van der Waals surface area contributed by atoms with Gasteiger partial charge < -0.3 is 15.1 Å². The maximum absolute atomic E-state index is 13.2. The van der Waals surface area contributed by atoms with Gasteiger partial charge in [0.05, 0.1) is 4.92 Å². The first-order chi connectivity index (χ1) is 17.6. The van der Waals surface area contributed by atoms with Gasteiger partial charge in [0.2, 0.25) is 5.91 Å². The lowest BCUT2D eigenvalue weighted by molar-refractivity contribution is -0.388. The SMILES string of the molecule is Cc1ccc(N2CCN(CCC(=O)N3CCC(Nc4ccc([N+](=O)[O-])c(C(F)(F)F)c4)CC3)CC2)cc1. The fraction of sp³-hybridized carbons (Fsp3) is 0.500. The Morgan fingerprint density at radius 3 is 2.27 bits per heavy atom. The Labute approximate surface area is 214 Å². The number of hydrogen-bond acceptors (Lipinski definition) is 6. The molecule has 2 saturated heterocycles. The number of rotatable bonds is 7. The molecular weight excluding hydrogens is 487 g/mol. The summed E-state index contributed by atoms with van der Waals surface area (Å²) in [4.78, 5) is 29.2. The zero-order valence-electron chi connectivity index (χ0n) is 20.8. The average molecular weight is 520 g/mol. The number of alkyl halides is 3. The Bertz CT molecular complexity index is 1090. The molecular formula is C26H32F3N5O3. The number of carbonyl (C=O) groups excluding carboxylic acids is 1. The van der Waals surface area contributed by atoms with Crippen LogP contribution in [0.15, 0.2) is 42.5 Å². The highest BCUT2D eigenvalue weighted by molar-refractivity contribution is 5.76. The monoisotopic (exact) mass is 519 g/mol. The summed E-state index contributed by atoms with van der Waals surface area (Å²) < 4.78 is 39.7. The first-order valence-electron chi connectivity index (χ1n) is 12.5. The largest absolute Gasteiger partial charge is 0.423 e. The van der Waals surface area contributed by atoms with E-state index < -0.39 is 22.4 Å². The van der Waals surface area contributed by atoms with Crippen molar-refractivity contribution in [2.24, 2.45) is 0 Å². The second kappa shape index (κ2) is 11.4. The summed E-state index contributed by atoms with van der Waals surface area (Å²) in [6.07, 6.45) is -3.18. The summed E-state index contributed by atoms with van der Waals surface area (Å²) in [7, 11) is 0. The van der Waals surface area contributed by atoms with Crippen LogP contribution < -0.4 is 10.2 Å². The van der Waals surface area contributed by atoms with Gasteiger partial charge in [0.1, 0.15) is 5.56 Å². The third kappa shape index (κ3) is 6.91. The Morgan fingerprint density at radius 2 is 1.68 bits per heavy atom. The predicted octanol–water partition coefficient (Wildman–Crippen LogP) is 4.54. The zero-order valence-corrected chi connectivity index (χ0v) is 20.8. The molecule has 2 heterocycles. The van der Waals surface area contributed by atoms with E-state index in [2.05, 4.69) is 46.3 Å². The van der Waals surface area contributed by atoms with Crippen LogP contribution in [0.2, 0.25) is 0 Å². The first-order valence-corrected chi connectivity index (χ1v) is 12.5. The van der Waals surface area contributed by atoms with E-state index in [0.29, 0.717) is 38.9 Å². The molecule has 0 bridgehead atoms. The number of halogens is 3. The maximum Gasteiger partial charge on any atom is 0.423 e. The lowest BCUT2D eigenvalue weighted by Crippen LogP contribution is -2.48. The summed E-state index contributed by atoms with van der Waals surface area (Å²) in [6, 6.07) is 11.4. The third-order valence-corrected chi connectivity index (χ3v) is 7.13. The minimum absolute atomic E-state index is 0.0918. The van der Waals surface area contributed by atoms with Crippen LogP contribution in [0.3, 0.4) is 0 Å². The van der Waals surface area contributed by atoms with E-state index in [4.69, 9.17) is 0 Å². The van der Waals surface area contributed by atoms with E-state index >= 15 is 0 Å². The lowest BCUT2D eigenvalue weighted by atomic mass is 10.0. The van der Waals surface area contributed by atoms with Crippen molar-refractivity contribution in [1.29, 1.82) is 0 Å². The fourth-order valence-electron chi connectivity index (χ4n) is 4.92. The molecule has 0 saturated carbocycles. The van der Waals surface area contributed by atoms with E-state index in [0.717, 1.165) is 38.3 Å². The smallest absolute Gasteiger partial charge is 0.382 e. The van der Waals surface area contributed by atoms with Gasteiger partial charge in [-0.3, -0.25) is 19.8 Å². The molecule has 2 fully saturated rings. The van der Waals surface area contributed by atoms with Crippen LogP contribution in [0.5, 0.6) is 0 Å². The van der Waals surface area contributed by atoms with E-state index in [-0.39, 0.29) is 17.6 Å². The Balaban J connectivity index is 1.20. The lowest BCUT2D eigenvalue weighted by Gasteiger charge is -2.37. The van der Waals surface area contributed by atoms with Gasteiger partial charge in [-0.15, -0.1) is 0 Å². The van der Waals surface area contributed by atoms with Crippen LogP contribution in [-0.2, 0) is 11.0 Å². The summed E-state index contributed by atoms with van der Waals surface area (Å²) >= 11 is 0. The predicted molar refractivity (Wildman–Crippen MR) is 136 cm³/mol. The number of nitro groups is 1. The number of piperazine rings is 1. The number of nitrogens with zero attached hydrogens (tertiary/aromatic N) is 4. The van der Waals surface area contributed by atoms with Gasteiger partial charge in [0.15, 0.2) is 0 Å². The quantitative estimate of drug-likeness (QED) is 0.428. The molecule has 0 spiro atoms. The van der Waals surface area contributed by atoms with Gasteiger partial charge in [-0.25, -0.2) is 0 Å². The highest BCUT2D eigenvalue weighted by Crippen LogP contribution is 2.38. The molecule has 2 aromatic rings. The Hall–Kier alpha value is -3.34. The van der Waals surface area contributed by atoms with E-state index in [1.807, 2.05) is 4.90 Å². The molecule has 2 aromatic carbocycles. The van der Waals surface area contributed by atoms with Crippen LogP contribution in [-0.4, -0.2) is 72.5 Å². The number of carbonyl (C=O) groups is 1. The topological polar surface area (TPSA) is 82.0 Å². The Kier molecular flexibility index (Phi) is 8.21. The molecule has 37 heavy (non-hydrogen) atoms. The van der Waals surface area contributed by atoms with Crippen LogP contribution in [0, 0.1) is 17.0 Å². The van der Waals surface area contributed by atoms with Crippen molar-refractivity contribution in [3.05, 3.63) is 63.7 Å². The van der Waals surface area contributed by atoms with Gasteiger partial charge in [0.25, 0.3) is 5.69 Å². The first kappa shape index (κ1) is 26.7. The van der Waals surface area contributed by atoms with Crippen molar-refractivity contribution in [2.75, 3.05) is 56.0 Å². The molecule has 0 aliphatic carbocycles. The van der Waals surface area contributed by atoms with Crippen LogP contribution in [0.25, 0.3) is 0 Å². The van der Waals surface area contributed by atoms with Crippen LogP contribution in [0.1, 0.15) is 30.4 Å². The molecule has 0 unspecified atom stereocenters. The van der Waals surface area contributed by atoms with Gasteiger partial charge in [-0.1, -0.05) is 17.7 Å². The number of nitro benzene ring substituents is 1. The number of hydrogen-bond donors (Lipinski definition) is 1. The third-order valence-electron chi connectivity index (χ3n) is 7.13. The van der Waals surface area contributed by atoms with Gasteiger partial charge in [-0.05, 0) is 44.0 Å². The van der Waals surface area contributed by atoms with Gasteiger partial charge >= 0.3 is 6.18 Å². The molecule has 1 amide bonds. The second-order valence-electron chi connectivity index (χ2n) is 9.70. The van der Waals surface area contributed by atoms with Crippen molar-refractivity contribution in [1.82, 2.24) is 9.80 Å². The molecule has 0 atom stereocenters. The number of anilines is 2. The van der Waals surface area contributed by atoms with Crippen molar-refractivity contribution in [3.8, 4) is 0 Å². The van der Waals surface area contributed by atoms with Crippen molar-refractivity contribution in [2.45, 2.75) is 38.4 Å². The number of aryl methyl sites for hydroxylation is 1. The van der Waals surface area contributed by atoms with E-state index in [1.54, 1.807) is 0 Å². The molecule has 1 N–H and O–H groups in total. The summed E-state index contributed by atoms with van der Waals surface area (Å²) in [6.45, 7) is 7.49. The summed E-state index contributed by atoms with van der Waals surface area (Å²) in [5.74, 6) is 0.0918. The molecule has 2 aliphatic heterocycles. The number of piperidine rings is 1. The number of amides is 1. The van der Waals surface area contributed by atoms with Crippen molar-refractivity contribution in [3.63, 3.8) is 0 Å². The standard InChI is InChI=1S/C26H32F3N5O3/c1-19-2-5-22(6-3-19)32-16-14-31(15-17-32)11-10-25(35)33-12-8-20(9-13-33)30-21-4-7-24(34(36)37)23(18-21)26(27,28)29/h2-7,18,20,30H,8-17H2,1H3. The minimum Gasteiger partial charge on any atom is -0.382 e. The van der Waals surface area contributed by atoms with E-state index in [9.17, 15) is 28.1 Å². The van der Waals surface area contributed by atoms with Gasteiger partial charge in [-0.2, -0.15) is 13.2 Å². The van der Waals surface area contributed by atoms with E-state index in [1.165, 1.54) is 17.3 Å². The van der Waals surface area contributed by atoms with Gasteiger partial charge in [0, 0.05) is 75.7 Å². The molecule has 0 radical (unpaired) electrons. The van der Waals surface area contributed by atoms with Crippen molar-refractivity contribution < 1.29 is 22.9 Å². The highest BCUT2D eigenvalue weighted by atomic mass is 19.4. The highest BCUT2D eigenvalue weighted by Gasteiger charge is 2.38. The maximum atomic E-state index is 13.2. The molecule has 11 heteroatoms. The van der Waals surface area contributed by atoms with Crippen molar-refractivity contribution >= 4 is 23.0 Å². The second-order valence-corrected chi connectivity index (χ2v) is 9.70. The number of nitrogens with one attached hydrogen (secondary N) is 1. The Morgan fingerprint density at radius 1 is 1.03 bits per heavy atom. The molecule has 200 valence electrons. The van der Waals surface area contributed by atoms with Crippen LogP contribution in [0.4, 0.5) is 30.2 Å². The zero-order chi connectivity index (χ0) is 26.6.